The van der Waals surface area contributed by atoms with E-state index in [1.54, 1.807) is 31.2 Å². The monoisotopic (exact) mass is 832 g/mol. The van der Waals surface area contributed by atoms with Crippen molar-refractivity contribution in [3.63, 3.8) is 0 Å². The smallest absolute Gasteiger partial charge is 0.262 e. The van der Waals surface area contributed by atoms with Gasteiger partial charge in [-0.1, -0.05) is 55.2 Å². The summed E-state index contributed by atoms with van der Waals surface area (Å²) >= 11 is 16.5. The molecule has 42 heavy (non-hydrogen) atoms. The molecule has 0 saturated heterocycles. The Labute approximate surface area is 282 Å². The van der Waals surface area contributed by atoms with Gasteiger partial charge in [0.05, 0.1) is 26.4 Å². The number of halogens is 4. The fraction of sp³-hybridized carbons (Fsp3) is 0.267. The molecule has 0 aliphatic carbocycles. The third kappa shape index (κ3) is 10.00. The third-order valence-electron chi connectivity index (χ3n) is 5.83. The van der Waals surface area contributed by atoms with Crippen LogP contribution in [0.4, 0.5) is 0 Å². The van der Waals surface area contributed by atoms with Crippen molar-refractivity contribution in [2.24, 2.45) is 11.0 Å². The SMILES string of the molecule is CC(C)C[C@H](NC(=O)[C@H](C)Oc1ccc(Cl)cc1Cl)C(=O)N/N=C\c1cc(I)cc(I)c1OCc1ccccc1C#N. The maximum absolute atomic E-state index is 13.1. The van der Waals surface area contributed by atoms with Crippen LogP contribution in [-0.4, -0.2) is 30.2 Å². The summed E-state index contributed by atoms with van der Waals surface area (Å²) in [5.74, 6) is 0.0302. The lowest BCUT2D eigenvalue weighted by atomic mass is 10.0. The largest absolute Gasteiger partial charge is 0.487 e. The van der Waals surface area contributed by atoms with E-state index in [1.807, 2.05) is 38.1 Å². The number of rotatable bonds is 12. The zero-order chi connectivity index (χ0) is 30.8. The van der Waals surface area contributed by atoms with Crippen LogP contribution in [0.3, 0.4) is 0 Å². The lowest BCUT2D eigenvalue weighted by Gasteiger charge is -2.22. The van der Waals surface area contributed by atoms with Crippen molar-refractivity contribution in [1.82, 2.24) is 10.7 Å². The molecule has 3 aromatic carbocycles. The minimum atomic E-state index is -0.922. The fourth-order valence-corrected chi connectivity index (χ4v) is 6.28. The molecule has 3 rings (SSSR count). The minimum absolute atomic E-state index is 0.112. The van der Waals surface area contributed by atoms with Gasteiger partial charge in [0, 0.05) is 19.7 Å². The molecule has 0 aliphatic heterocycles. The molecular weight excluding hydrogens is 805 g/mol. The van der Waals surface area contributed by atoms with Crippen molar-refractivity contribution in [3.05, 3.63) is 88.5 Å². The molecule has 0 saturated carbocycles. The van der Waals surface area contributed by atoms with Gasteiger partial charge in [-0.2, -0.15) is 10.4 Å². The van der Waals surface area contributed by atoms with Crippen molar-refractivity contribution in [1.29, 1.82) is 5.26 Å². The number of nitriles is 1. The Morgan fingerprint density at radius 3 is 2.50 bits per heavy atom. The normalized spacial score (nSPS) is 12.5. The maximum Gasteiger partial charge on any atom is 0.262 e. The molecule has 0 heterocycles. The number of hydrogen-bond donors (Lipinski definition) is 2. The first-order valence-electron chi connectivity index (χ1n) is 12.8. The standard InChI is InChI=1S/C30H28Cl2I2N4O4/c1-17(2)10-26(37-29(39)18(3)42-27-9-8-22(31)12-24(27)32)30(40)38-36-15-21-11-23(33)13-25(34)28(21)41-16-20-7-5-4-6-19(20)14-35/h4-9,11-13,15,17-18,26H,10,16H2,1-3H3,(H,37,39)(H,38,40)/b36-15-/t18-,26-/m0/s1. The second-order valence-electron chi connectivity index (χ2n) is 9.62. The van der Waals surface area contributed by atoms with E-state index < -0.39 is 24.0 Å². The van der Waals surface area contributed by atoms with E-state index in [0.717, 1.165) is 12.7 Å². The van der Waals surface area contributed by atoms with Gasteiger partial charge in [-0.15, -0.1) is 0 Å². The highest BCUT2D eigenvalue weighted by molar-refractivity contribution is 14.1. The van der Waals surface area contributed by atoms with Crippen LogP contribution in [0.15, 0.2) is 59.7 Å². The van der Waals surface area contributed by atoms with Crippen LogP contribution in [0, 0.1) is 24.4 Å². The molecule has 2 N–H and O–H groups in total. The Bertz CT molecular complexity index is 1510. The molecule has 0 bridgehead atoms. The number of carbonyl (C=O) groups is 2. The van der Waals surface area contributed by atoms with Crippen molar-refractivity contribution in [3.8, 4) is 17.6 Å². The van der Waals surface area contributed by atoms with Gasteiger partial charge in [-0.05, 0) is 101 Å². The number of nitrogens with one attached hydrogen (secondary N) is 2. The molecule has 0 spiro atoms. The average Bonchev–Trinajstić information content (AvgIpc) is 2.93. The summed E-state index contributed by atoms with van der Waals surface area (Å²) in [7, 11) is 0. The summed E-state index contributed by atoms with van der Waals surface area (Å²) in [6, 6.07) is 17.1. The highest BCUT2D eigenvalue weighted by Crippen LogP contribution is 2.29. The molecule has 8 nitrogen and oxygen atoms in total. The second-order valence-corrected chi connectivity index (χ2v) is 12.9. The predicted octanol–water partition coefficient (Wildman–Crippen LogP) is 7.10. The first-order chi connectivity index (χ1) is 20.0. The van der Waals surface area contributed by atoms with Gasteiger partial charge in [0.1, 0.15) is 24.1 Å². The highest BCUT2D eigenvalue weighted by Gasteiger charge is 2.25. The van der Waals surface area contributed by atoms with E-state index in [4.69, 9.17) is 32.7 Å². The number of nitrogens with zero attached hydrogens (tertiary/aromatic N) is 2. The van der Waals surface area contributed by atoms with E-state index >= 15 is 0 Å². The Morgan fingerprint density at radius 2 is 1.81 bits per heavy atom. The van der Waals surface area contributed by atoms with Crippen LogP contribution >= 0.6 is 68.4 Å². The fourth-order valence-electron chi connectivity index (χ4n) is 3.78. The molecular formula is C30H28Cl2I2N4O4. The number of benzene rings is 3. The van der Waals surface area contributed by atoms with Gasteiger partial charge in [-0.3, -0.25) is 9.59 Å². The van der Waals surface area contributed by atoms with E-state index in [2.05, 4.69) is 67.1 Å². The van der Waals surface area contributed by atoms with Crippen LogP contribution in [0.5, 0.6) is 11.5 Å². The first kappa shape index (κ1) is 33.9. The van der Waals surface area contributed by atoms with Gasteiger partial charge < -0.3 is 14.8 Å². The molecule has 0 aliphatic rings. The number of hydrogen-bond acceptors (Lipinski definition) is 6. The van der Waals surface area contributed by atoms with Crippen LogP contribution in [0.25, 0.3) is 0 Å². The Balaban J connectivity index is 1.70. The Hall–Kier alpha value is -2.60. The number of amides is 2. The second kappa shape index (κ2) is 16.3. The van der Waals surface area contributed by atoms with E-state index in [-0.39, 0.29) is 17.5 Å². The average molecular weight is 833 g/mol. The summed E-state index contributed by atoms with van der Waals surface area (Å²) in [5.41, 5.74) is 4.48. The summed E-state index contributed by atoms with van der Waals surface area (Å²) in [6.07, 6.45) is 0.958. The zero-order valence-electron chi connectivity index (χ0n) is 23.0. The van der Waals surface area contributed by atoms with Gasteiger partial charge in [-0.25, -0.2) is 5.43 Å². The van der Waals surface area contributed by atoms with E-state index in [1.165, 1.54) is 12.3 Å². The van der Waals surface area contributed by atoms with Crippen LogP contribution < -0.4 is 20.2 Å². The molecule has 0 fully saturated rings. The van der Waals surface area contributed by atoms with Crippen LogP contribution in [-0.2, 0) is 16.2 Å². The van der Waals surface area contributed by atoms with Gasteiger partial charge in [0.2, 0.25) is 0 Å². The Morgan fingerprint density at radius 1 is 1.07 bits per heavy atom. The van der Waals surface area contributed by atoms with Gasteiger partial charge in [0.15, 0.2) is 6.10 Å². The molecule has 0 aromatic heterocycles. The van der Waals surface area contributed by atoms with Crippen LogP contribution in [0.2, 0.25) is 10.0 Å². The van der Waals surface area contributed by atoms with Crippen molar-refractivity contribution in [2.75, 3.05) is 0 Å². The predicted molar refractivity (Wildman–Crippen MR) is 181 cm³/mol. The number of ether oxygens (including phenoxy) is 2. The number of hydrazone groups is 1. The molecule has 0 unspecified atom stereocenters. The topological polar surface area (TPSA) is 113 Å². The quantitative estimate of drug-likeness (QED) is 0.115. The maximum atomic E-state index is 13.1. The van der Waals surface area contributed by atoms with Crippen molar-refractivity contribution in [2.45, 2.75) is 45.9 Å². The molecule has 0 radical (unpaired) electrons. The molecule has 2 atom stereocenters. The van der Waals surface area contributed by atoms with Gasteiger partial charge in [0.25, 0.3) is 11.8 Å². The van der Waals surface area contributed by atoms with Crippen LogP contribution in [0.1, 0.15) is 43.9 Å². The number of carbonyl (C=O) groups excluding carboxylic acids is 2. The molecule has 2 amide bonds. The first-order valence-corrected chi connectivity index (χ1v) is 15.7. The van der Waals surface area contributed by atoms with Gasteiger partial charge >= 0.3 is 0 Å². The summed E-state index contributed by atoms with van der Waals surface area (Å²) < 4.78 is 13.6. The van der Waals surface area contributed by atoms with E-state index in [9.17, 15) is 14.9 Å². The lowest BCUT2D eigenvalue weighted by molar-refractivity contribution is -0.132. The van der Waals surface area contributed by atoms with Crippen molar-refractivity contribution < 1.29 is 19.1 Å². The lowest BCUT2D eigenvalue weighted by Crippen LogP contribution is -2.49. The van der Waals surface area contributed by atoms with Crippen molar-refractivity contribution >= 4 is 86.4 Å². The Kier molecular flexibility index (Phi) is 13.2. The minimum Gasteiger partial charge on any atom is -0.487 e. The van der Waals surface area contributed by atoms with E-state index in [0.29, 0.717) is 34.1 Å². The summed E-state index contributed by atoms with van der Waals surface area (Å²) in [4.78, 5) is 26.0. The molecule has 3 aromatic rings. The molecule has 12 heteroatoms. The third-order valence-corrected chi connectivity index (χ3v) is 7.79. The zero-order valence-corrected chi connectivity index (χ0v) is 28.8. The summed E-state index contributed by atoms with van der Waals surface area (Å²) in [5, 5.41) is 17.0. The molecule has 220 valence electrons. The highest BCUT2D eigenvalue weighted by atomic mass is 127. The summed E-state index contributed by atoms with van der Waals surface area (Å²) in [6.45, 7) is 5.66.